The Hall–Kier alpha value is -13.1. The number of para-hydroxylation sites is 8. The normalized spacial score (nSPS) is 18.4. The van der Waals surface area contributed by atoms with Gasteiger partial charge >= 0.3 is 24.0 Å². The van der Waals surface area contributed by atoms with E-state index in [2.05, 4.69) is 137 Å². The number of carbonyl (C=O) groups is 5. The Morgan fingerprint density at radius 3 is 0.833 bits per heavy atom. The SMILES string of the molecule is CC(C)(C)OC(=O)N1CCN(Cc2ccc([C@H]3COc4ccccc4O3)cc2)CC1.COC(=O)c1ccc(C=O)cc1.COC(=O)c1ccc(CN2CCN(Cc3ccc([C@H]4COc5ccccc5O4)cc3)CC2)cc1.O=C(O)c1ccc(CN2CCN(Cc3ccc([C@H]4COc5ccccc5O4)cc3)CC2)cc1.c1ccc2c(c1)OC[C@H](c1ccc(CN3CCNCC3)cc1)O2. The second-order valence-electron chi connectivity index (χ2n) is 34.7. The van der Waals surface area contributed by atoms with Gasteiger partial charge in [0, 0.05) is 150 Å². The number of fused-ring (bicyclic) bond motifs is 4. The molecule has 8 aliphatic heterocycles. The fourth-order valence-electron chi connectivity index (χ4n) is 16.6. The van der Waals surface area contributed by atoms with Gasteiger partial charge in [0.15, 0.2) is 70.4 Å². The maximum absolute atomic E-state index is 12.2. The number of benzene rings is 11. The van der Waals surface area contributed by atoms with Gasteiger partial charge in [0.2, 0.25) is 0 Å². The molecule has 11 aromatic rings. The molecule has 0 unspecified atom stereocenters. The van der Waals surface area contributed by atoms with Crippen molar-refractivity contribution in [3.8, 4) is 46.0 Å². The summed E-state index contributed by atoms with van der Waals surface area (Å²) in [5.74, 6) is 4.91. The highest BCUT2D eigenvalue weighted by Gasteiger charge is 2.31. The fourth-order valence-corrected chi connectivity index (χ4v) is 16.6. The third-order valence-electron chi connectivity index (χ3n) is 24.1. The zero-order chi connectivity index (χ0) is 91.6. The van der Waals surface area contributed by atoms with E-state index in [-0.39, 0.29) is 36.5 Å². The van der Waals surface area contributed by atoms with Crippen LogP contribution in [0.25, 0.3) is 0 Å². The predicted molar refractivity (Wildman–Crippen MR) is 504 cm³/mol. The second kappa shape index (κ2) is 46.1. The summed E-state index contributed by atoms with van der Waals surface area (Å²) in [6, 6.07) is 87.0. The van der Waals surface area contributed by atoms with Crippen molar-refractivity contribution in [2.45, 2.75) is 90.1 Å². The van der Waals surface area contributed by atoms with Crippen molar-refractivity contribution in [2.24, 2.45) is 0 Å². The van der Waals surface area contributed by atoms with Crippen LogP contribution in [-0.2, 0) is 53.5 Å². The number of hydrogen-bond acceptors (Lipinski definition) is 23. The number of nitrogens with zero attached hydrogens (tertiary/aromatic N) is 7. The molecule has 0 aliphatic carbocycles. The fraction of sp³-hybridized carbons (Fsp3) is 0.336. The lowest BCUT2D eigenvalue weighted by Gasteiger charge is -2.35. The lowest BCUT2D eigenvalue weighted by molar-refractivity contribution is 0.0138. The van der Waals surface area contributed by atoms with Gasteiger partial charge in [0.25, 0.3) is 0 Å². The molecule has 8 aliphatic rings. The van der Waals surface area contributed by atoms with Crippen molar-refractivity contribution in [2.75, 3.05) is 145 Å². The van der Waals surface area contributed by atoms with Crippen LogP contribution in [0.5, 0.6) is 46.0 Å². The molecule has 4 fully saturated rings. The van der Waals surface area contributed by atoms with Gasteiger partial charge in [-0.1, -0.05) is 182 Å². The van der Waals surface area contributed by atoms with E-state index in [0.29, 0.717) is 61.8 Å². The van der Waals surface area contributed by atoms with Crippen LogP contribution in [0, 0.1) is 0 Å². The van der Waals surface area contributed by atoms with Crippen LogP contribution in [0.3, 0.4) is 0 Å². The molecule has 4 saturated heterocycles. The maximum Gasteiger partial charge on any atom is 0.410 e. The van der Waals surface area contributed by atoms with Crippen LogP contribution in [0.15, 0.2) is 267 Å². The first-order valence-corrected chi connectivity index (χ1v) is 45.4. The molecule has 19 rings (SSSR count). The summed E-state index contributed by atoms with van der Waals surface area (Å²) in [7, 11) is 2.72. The Kier molecular flexibility index (Phi) is 32.7. The molecule has 25 nitrogen and oxygen atoms in total. The van der Waals surface area contributed by atoms with Crippen LogP contribution < -0.4 is 43.2 Å². The lowest BCUT2D eigenvalue weighted by Crippen LogP contribution is -2.49. The molecule has 0 saturated carbocycles. The molecule has 2 N–H and O–H groups in total. The number of hydrogen-bond donors (Lipinski definition) is 2. The lowest BCUT2D eigenvalue weighted by atomic mass is 10.1. The molecule has 25 heteroatoms. The number of aromatic carboxylic acids is 1. The van der Waals surface area contributed by atoms with Gasteiger partial charge in [-0.15, -0.1) is 0 Å². The molecule has 0 aromatic heterocycles. The van der Waals surface area contributed by atoms with Gasteiger partial charge in [0.1, 0.15) is 38.3 Å². The maximum atomic E-state index is 12.2. The third kappa shape index (κ3) is 26.8. The highest BCUT2D eigenvalue weighted by molar-refractivity contribution is 5.90. The highest BCUT2D eigenvalue weighted by Crippen LogP contribution is 2.41. The van der Waals surface area contributed by atoms with Crippen LogP contribution >= 0.6 is 0 Å². The smallest absolute Gasteiger partial charge is 0.410 e. The summed E-state index contributed by atoms with van der Waals surface area (Å²) in [4.78, 5) is 72.5. The van der Waals surface area contributed by atoms with Crippen molar-refractivity contribution < 1.29 is 81.2 Å². The van der Waals surface area contributed by atoms with Gasteiger partial charge in [0.05, 0.1) is 30.9 Å². The zero-order valence-corrected chi connectivity index (χ0v) is 75.8. The molecule has 0 radical (unpaired) electrons. The Labute approximate surface area is 773 Å². The monoisotopic (exact) mass is 1790 g/mol. The van der Waals surface area contributed by atoms with Crippen LogP contribution in [-0.4, -0.2) is 221 Å². The first kappa shape index (κ1) is 93.6. The molecular formula is C107H118N8O17. The molecule has 0 bridgehead atoms. The van der Waals surface area contributed by atoms with E-state index in [4.69, 9.17) is 52.5 Å². The van der Waals surface area contributed by atoms with Gasteiger partial charge in [-0.2, -0.15) is 0 Å². The summed E-state index contributed by atoms with van der Waals surface area (Å²) in [6.45, 7) is 29.1. The molecular weight excluding hydrogens is 1670 g/mol. The topological polar surface area (TPSA) is 242 Å². The largest absolute Gasteiger partial charge is 0.485 e. The third-order valence-corrected chi connectivity index (χ3v) is 24.1. The summed E-state index contributed by atoms with van der Waals surface area (Å²) < 4.78 is 62.5. The number of esters is 2. The van der Waals surface area contributed by atoms with Crippen molar-refractivity contribution in [3.63, 3.8) is 0 Å². The number of nitrogens with one attached hydrogen (secondary N) is 1. The van der Waals surface area contributed by atoms with Crippen LogP contribution in [0.4, 0.5) is 4.79 Å². The van der Waals surface area contributed by atoms with E-state index in [1.807, 2.05) is 154 Å². The number of carboxylic acid groups (broad SMARTS) is 1. The summed E-state index contributed by atoms with van der Waals surface area (Å²) in [5.41, 5.74) is 13.6. The minimum absolute atomic E-state index is 0.0295. The van der Waals surface area contributed by atoms with Crippen molar-refractivity contribution in [1.29, 1.82) is 0 Å². The first-order chi connectivity index (χ1) is 64.3. The summed E-state index contributed by atoms with van der Waals surface area (Å²) >= 11 is 0. The minimum Gasteiger partial charge on any atom is -0.485 e. The number of carbonyl (C=O) groups excluding carboxylic acids is 4. The van der Waals surface area contributed by atoms with E-state index in [1.165, 1.54) is 47.6 Å². The molecule has 8 heterocycles. The Morgan fingerprint density at radius 1 is 0.333 bits per heavy atom. The average molecular weight is 1790 g/mol. The molecule has 11 aromatic carbocycles. The van der Waals surface area contributed by atoms with E-state index >= 15 is 0 Å². The molecule has 1 amide bonds. The molecule has 4 atom stereocenters. The number of ether oxygens (including phenoxy) is 11. The Bertz CT molecular complexity index is 5540. The van der Waals surface area contributed by atoms with Gasteiger partial charge in [-0.25, -0.2) is 19.2 Å². The number of piperazine rings is 4. The van der Waals surface area contributed by atoms with Crippen molar-refractivity contribution in [3.05, 3.63) is 345 Å². The van der Waals surface area contributed by atoms with E-state index < -0.39 is 17.5 Å². The first-order valence-electron chi connectivity index (χ1n) is 45.4. The number of carboxylic acids is 1. The quantitative estimate of drug-likeness (QED) is 0.0409. The van der Waals surface area contributed by atoms with Gasteiger partial charge in [-0.05, 0) is 161 Å². The van der Waals surface area contributed by atoms with E-state index in [0.717, 1.165) is 205 Å². The second-order valence-corrected chi connectivity index (χ2v) is 34.7. The average Bonchev–Trinajstić information content (AvgIpc) is 0.824. The standard InChI is InChI=1S/C28H30N2O4.C27H28N2O4.C24H30N2O4.C19H22N2O2.C9H8O3/c1-32-28(31)24-12-8-22(9-13-24)19-30-16-14-29(15-17-30)18-21-6-10-23(11-7-21)27-20-33-25-4-2-3-5-26(25)34-27;30-27(31)23-11-7-21(8-12-23)18-29-15-13-28(14-16-29)17-20-5-9-22(10-6-20)26-19-32-24-3-1-2-4-25(24)33-26;1-24(2,3)30-23(27)26-14-12-25(13-15-26)16-18-8-10-19(11-9-18)22-17-28-20-6-4-5-7-21(20)29-22;1-2-4-18-17(3-1)22-14-19(23-18)16-7-5-15(6-8-16)13-21-11-9-20-10-12-21;1-12-9(11)8-4-2-7(6-10)3-5-8/h2-13,27H,14-20H2,1H3;1-12,26H,13-19H2,(H,30,31);4-11,22H,12-17H2,1-3H3;1-8,19-20H,9-14H2;2-6H,1H3/t27-;26-;22-;19-;/m1111./s1. The van der Waals surface area contributed by atoms with Crippen LogP contribution in [0.2, 0.25) is 0 Å². The predicted octanol–water partition coefficient (Wildman–Crippen LogP) is 16.7. The number of rotatable bonds is 20. The zero-order valence-electron chi connectivity index (χ0n) is 75.8. The van der Waals surface area contributed by atoms with E-state index in [9.17, 15) is 24.0 Å². The molecule has 0 spiro atoms. The van der Waals surface area contributed by atoms with Crippen LogP contribution in [0.1, 0.15) is 142 Å². The minimum atomic E-state index is -0.881. The Morgan fingerprint density at radius 2 is 0.576 bits per heavy atom. The number of aldehydes is 1. The van der Waals surface area contributed by atoms with Gasteiger partial charge < -0.3 is 67.4 Å². The number of amides is 1. The number of methoxy groups -OCH3 is 2. The van der Waals surface area contributed by atoms with Crippen molar-refractivity contribution >= 4 is 30.3 Å². The Balaban J connectivity index is 0.000000130. The summed E-state index contributed by atoms with van der Waals surface area (Å²) in [5, 5.41) is 12.4. The summed E-state index contributed by atoms with van der Waals surface area (Å²) in [6.07, 6.45) is 0.226. The van der Waals surface area contributed by atoms with E-state index in [1.54, 1.807) is 41.3 Å². The highest BCUT2D eigenvalue weighted by atomic mass is 16.6. The van der Waals surface area contributed by atoms with Gasteiger partial charge in [-0.3, -0.25) is 34.2 Å². The molecule has 132 heavy (non-hydrogen) atoms. The molecule has 688 valence electrons. The van der Waals surface area contributed by atoms with Crippen molar-refractivity contribution in [1.82, 2.24) is 39.6 Å².